The van der Waals surface area contributed by atoms with Crippen molar-refractivity contribution in [3.05, 3.63) is 11.9 Å². The first-order valence-electron chi connectivity index (χ1n) is 6.74. The first-order chi connectivity index (χ1) is 10.0. The van der Waals surface area contributed by atoms with E-state index in [1.165, 1.54) is 6.20 Å². The first kappa shape index (κ1) is 19.4. The topological polar surface area (TPSA) is 166 Å². The van der Waals surface area contributed by atoms with Crippen LogP contribution in [0.3, 0.4) is 0 Å². The lowest BCUT2D eigenvalue weighted by Crippen LogP contribution is -2.34. The van der Waals surface area contributed by atoms with Gasteiger partial charge in [-0.05, 0) is 12.8 Å². The molecule has 0 saturated heterocycles. The maximum absolute atomic E-state index is 11.2. The normalized spacial score (nSPS) is 13.5. The summed E-state index contributed by atoms with van der Waals surface area (Å²) in [6, 6.07) is 0. The van der Waals surface area contributed by atoms with Crippen LogP contribution in [0.15, 0.2) is 6.20 Å². The Bertz CT molecular complexity index is 557. The van der Waals surface area contributed by atoms with Crippen LogP contribution < -0.4 is 0 Å². The minimum absolute atomic E-state index is 0.523. The summed E-state index contributed by atoms with van der Waals surface area (Å²) in [5.74, 6) is 0. The fourth-order valence-electron chi connectivity index (χ4n) is 1.83. The summed E-state index contributed by atoms with van der Waals surface area (Å²) in [6.45, 7) is 1.02. The maximum atomic E-state index is 11.2. The number of unbranched alkanes of at least 4 members (excludes halogenated alkanes) is 3. The Morgan fingerprint density at radius 2 is 1.73 bits per heavy atom. The van der Waals surface area contributed by atoms with Gasteiger partial charge in [0.25, 0.3) is 5.08 Å². The predicted molar refractivity (Wildman–Crippen MR) is 76.9 cm³/mol. The molecule has 1 rings (SSSR count). The van der Waals surface area contributed by atoms with E-state index in [1.807, 2.05) is 0 Å². The fraction of sp³-hybridized carbons (Fsp3) is 0.800. The van der Waals surface area contributed by atoms with Gasteiger partial charge in [-0.2, -0.15) is 0 Å². The molecule has 0 aliphatic heterocycles. The SMILES string of the molecule is CCCCCCc1cn(CC(O)(P(=O)(O)O)P(=O)(O)O)nn1. The molecule has 128 valence electrons. The van der Waals surface area contributed by atoms with Crippen LogP contribution in [0.2, 0.25) is 0 Å². The highest BCUT2D eigenvalue weighted by Gasteiger charge is 2.60. The Labute approximate surface area is 127 Å². The molecule has 0 aliphatic carbocycles. The van der Waals surface area contributed by atoms with E-state index in [4.69, 9.17) is 19.6 Å². The zero-order valence-corrected chi connectivity index (χ0v) is 13.9. The number of aliphatic hydroxyl groups is 1. The van der Waals surface area contributed by atoms with E-state index in [1.54, 1.807) is 0 Å². The summed E-state index contributed by atoms with van der Waals surface area (Å²) in [5, 5.41) is 13.6. The Morgan fingerprint density at radius 1 is 1.14 bits per heavy atom. The van der Waals surface area contributed by atoms with Crippen molar-refractivity contribution in [1.29, 1.82) is 0 Å². The van der Waals surface area contributed by atoms with E-state index in [9.17, 15) is 14.2 Å². The molecule has 1 heterocycles. The molecular formula is C10H21N3O7P2. The van der Waals surface area contributed by atoms with Crippen LogP contribution in [0, 0.1) is 0 Å². The highest BCUT2D eigenvalue weighted by molar-refractivity contribution is 7.72. The van der Waals surface area contributed by atoms with Gasteiger partial charge in [0.1, 0.15) is 0 Å². The standard InChI is InChI=1S/C10H21N3O7P2/c1-2-3-4-5-6-9-7-13(12-11-9)8-10(14,21(15,16)17)22(18,19)20/h7,14H,2-6,8H2,1H3,(H2,15,16,17)(H2,18,19,20). The third kappa shape index (κ3) is 4.70. The summed E-state index contributed by atoms with van der Waals surface area (Å²) in [4.78, 5) is 36.2. The largest absolute Gasteiger partial charge is 0.371 e. The predicted octanol–water partition coefficient (Wildman–Crippen LogP) is 0.402. The van der Waals surface area contributed by atoms with Crippen LogP contribution >= 0.6 is 15.2 Å². The summed E-state index contributed by atoms with van der Waals surface area (Å²) in [5.41, 5.74) is 0.523. The van der Waals surface area contributed by atoms with E-state index in [0.717, 1.165) is 30.4 Å². The lowest BCUT2D eigenvalue weighted by molar-refractivity contribution is 0.111. The lowest BCUT2D eigenvalue weighted by Gasteiger charge is -2.28. The molecule has 12 heteroatoms. The first-order valence-corrected chi connectivity index (χ1v) is 9.96. The second-order valence-electron chi connectivity index (χ2n) is 5.08. The third-order valence-corrected chi connectivity index (χ3v) is 6.89. The van der Waals surface area contributed by atoms with Crippen molar-refractivity contribution in [3.8, 4) is 0 Å². The highest BCUT2D eigenvalue weighted by Crippen LogP contribution is 2.67. The number of aromatic nitrogens is 3. The van der Waals surface area contributed by atoms with Gasteiger partial charge in [-0.1, -0.05) is 31.4 Å². The fourth-order valence-corrected chi connectivity index (χ4v) is 3.85. The van der Waals surface area contributed by atoms with Crippen LogP contribution in [0.25, 0.3) is 0 Å². The molecule has 10 nitrogen and oxygen atoms in total. The molecule has 0 unspecified atom stereocenters. The van der Waals surface area contributed by atoms with E-state index >= 15 is 0 Å². The molecule has 1 aromatic heterocycles. The molecule has 1 aromatic rings. The number of nitrogens with zero attached hydrogens (tertiary/aromatic N) is 3. The Morgan fingerprint density at radius 3 is 2.23 bits per heavy atom. The van der Waals surface area contributed by atoms with Gasteiger partial charge in [-0.3, -0.25) is 9.13 Å². The quantitative estimate of drug-likeness (QED) is 0.310. The molecule has 5 N–H and O–H groups in total. The molecule has 0 amide bonds. The zero-order chi connectivity index (χ0) is 17.0. The molecule has 0 bridgehead atoms. The number of aryl methyl sites for hydroxylation is 1. The minimum atomic E-state index is -5.49. The summed E-state index contributed by atoms with van der Waals surface area (Å²) >= 11 is 0. The van der Waals surface area contributed by atoms with Crippen molar-refractivity contribution in [1.82, 2.24) is 15.0 Å². The van der Waals surface area contributed by atoms with Crippen molar-refractivity contribution in [2.75, 3.05) is 0 Å². The monoisotopic (exact) mass is 357 g/mol. The molecule has 0 saturated carbocycles. The van der Waals surface area contributed by atoms with Crippen LogP contribution in [-0.4, -0.2) is 44.8 Å². The average molecular weight is 357 g/mol. The van der Waals surface area contributed by atoms with Crippen molar-refractivity contribution in [2.45, 2.75) is 50.7 Å². The average Bonchev–Trinajstić information content (AvgIpc) is 2.79. The summed E-state index contributed by atoms with van der Waals surface area (Å²) in [7, 11) is -11.0. The van der Waals surface area contributed by atoms with Gasteiger partial charge >= 0.3 is 15.2 Å². The lowest BCUT2D eigenvalue weighted by atomic mass is 10.1. The van der Waals surface area contributed by atoms with Crippen molar-refractivity contribution in [3.63, 3.8) is 0 Å². The third-order valence-electron chi connectivity index (χ3n) is 3.18. The van der Waals surface area contributed by atoms with Gasteiger partial charge in [-0.25, -0.2) is 4.68 Å². The second kappa shape index (κ2) is 7.31. The number of hydrogen-bond acceptors (Lipinski definition) is 5. The Balaban J connectivity index is 2.83. The van der Waals surface area contributed by atoms with Gasteiger partial charge in [0.2, 0.25) is 0 Å². The molecule has 0 aliphatic rings. The van der Waals surface area contributed by atoms with Gasteiger partial charge in [0, 0.05) is 6.20 Å². The van der Waals surface area contributed by atoms with Gasteiger partial charge in [0.05, 0.1) is 12.2 Å². The molecule has 0 aromatic carbocycles. The smallest absolute Gasteiger partial charge is 0.366 e. The Hall–Kier alpha value is -0.600. The molecule has 0 atom stereocenters. The van der Waals surface area contributed by atoms with Crippen LogP contribution in [0.4, 0.5) is 0 Å². The van der Waals surface area contributed by atoms with Crippen LogP contribution in [0.5, 0.6) is 0 Å². The van der Waals surface area contributed by atoms with Crippen molar-refractivity contribution in [2.24, 2.45) is 0 Å². The second-order valence-corrected chi connectivity index (χ2v) is 9.09. The highest BCUT2D eigenvalue weighted by atomic mass is 31.2. The summed E-state index contributed by atoms with van der Waals surface area (Å²) < 4.78 is 23.3. The van der Waals surface area contributed by atoms with Crippen molar-refractivity contribution < 1.29 is 33.8 Å². The molecular weight excluding hydrogens is 336 g/mol. The van der Waals surface area contributed by atoms with Gasteiger partial charge < -0.3 is 24.7 Å². The maximum Gasteiger partial charge on any atom is 0.371 e. The molecule has 0 spiro atoms. The minimum Gasteiger partial charge on any atom is -0.366 e. The van der Waals surface area contributed by atoms with E-state index in [0.29, 0.717) is 12.1 Å². The summed E-state index contributed by atoms with van der Waals surface area (Å²) in [6.07, 6.45) is 5.90. The van der Waals surface area contributed by atoms with Crippen LogP contribution in [-0.2, 0) is 22.1 Å². The zero-order valence-electron chi connectivity index (χ0n) is 12.1. The Kier molecular flexibility index (Phi) is 6.46. The molecule has 0 radical (unpaired) electrons. The van der Waals surface area contributed by atoms with E-state index in [2.05, 4.69) is 17.2 Å². The molecule has 22 heavy (non-hydrogen) atoms. The molecule has 0 fully saturated rings. The number of rotatable bonds is 9. The number of hydrogen-bond donors (Lipinski definition) is 5. The van der Waals surface area contributed by atoms with E-state index in [-0.39, 0.29) is 0 Å². The van der Waals surface area contributed by atoms with Crippen LogP contribution in [0.1, 0.15) is 38.3 Å². The van der Waals surface area contributed by atoms with Gasteiger partial charge in [0.15, 0.2) is 0 Å². The van der Waals surface area contributed by atoms with Gasteiger partial charge in [-0.15, -0.1) is 5.10 Å². The van der Waals surface area contributed by atoms with E-state index < -0.39 is 26.8 Å². The van der Waals surface area contributed by atoms with Crippen molar-refractivity contribution >= 4 is 15.2 Å².